The maximum Gasteiger partial charge on any atom is 0.227 e. The van der Waals surface area contributed by atoms with E-state index in [9.17, 15) is 9.59 Å². The molecule has 4 heteroatoms. The molecular formula is C15H20N2O2. The average Bonchev–Trinajstić information content (AvgIpc) is 2.69. The molecule has 0 saturated carbocycles. The molecular weight excluding hydrogens is 240 g/mol. The number of carbonyl (C=O) groups excluding carboxylic acids is 2. The summed E-state index contributed by atoms with van der Waals surface area (Å²) in [6.07, 6.45) is 0.298. The SMILES string of the molecule is CNC(=O)C1CC(=O)N(c2c(C)cc(C)cc2C)C1. The zero-order chi connectivity index (χ0) is 14.2. The molecule has 1 heterocycles. The highest BCUT2D eigenvalue weighted by Crippen LogP contribution is 2.31. The summed E-state index contributed by atoms with van der Waals surface area (Å²) in [4.78, 5) is 25.6. The molecule has 1 fully saturated rings. The third-order valence-corrected chi connectivity index (χ3v) is 3.65. The highest BCUT2D eigenvalue weighted by Gasteiger charge is 2.35. The fourth-order valence-electron chi connectivity index (χ4n) is 2.90. The van der Waals surface area contributed by atoms with Crippen molar-refractivity contribution >= 4 is 17.5 Å². The monoisotopic (exact) mass is 260 g/mol. The molecule has 102 valence electrons. The van der Waals surface area contributed by atoms with Gasteiger partial charge in [-0.15, -0.1) is 0 Å². The Labute approximate surface area is 113 Å². The number of hydrogen-bond donors (Lipinski definition) is 1. The number of nitrogens with zero attached hydrogens (tertiary/aromatic N) is 1. The van der Waals surface area contributed by atoms with Crippen LogP contribution in [0, 0.1) is 26.7 Å². The number of benzene rings is 1. The lowest BCUT2D eigenvalue weighted by Crippen LogP contribution is -2.31. The van der Waals surface area contributed by atoms with Crippen molar-refractivity contribution in [1.29, 1.82) is 0 Å². The van der Waals surface area contributed by atoms with Crippen LogP contribution in [0.4, 0.5) is 5.69 Å². The van der Waals surface area contributed by atoms with Gasteiger partial charge in [0.2, 0.25) is 11.8 Å². The first kappa shape index (κ1) is 13.6. The second-order valence-corrected chi connectivity index (χ2v) is 5.27. The first-order chi connectivity index (χ1) is 8.93. The van der Waals surface area contributed by atoms with E-state index in [0.29, 0.717) is 13.0 Å². The minimum absolute atomic E-state index is 0.0312. The first-order valence-electron chi connectivity index (χ1n) is 6.54. The van der Waals surface area contributed by atoms with Crippen molar-refractivity contribution < 1.29 is 9.59 Å². The van der Waals surface area contributed by atoms with Crippen molar-refractivity contribution in [2.45, 2.75) is 27.2 Å². The van der Waals surface area contributed by atoms with Gasteiger partial charge in [0, 0.05) is 25.7 Å². The number of aryl methyl sites for hydroxylation is 3. The van der Waals surface area contributed by atoms with Crippen molar-refractivity contribution in [2.24, 2.45) is 5.92 Å². The molecule has 1 aliphatic rings. The van der Waals surface area contributed by atoms with Gasteiger partial charge in [-0.2, -0.15) is 0 Å². The van der Waals surface area contributed by atoms with Gasteiger partial charge in [0.05, 0.1) is 5.92 Å². The van der Waals surface area contributed by atoms with Crippen LogP contribution in [0.15, 0.2) is 12.1 Å². The molecule has 1 atom stereocenters. The van der Waals surface area contributed by atoms with E-state index in [0.717, 1.165) is 16.8 Å². The van der Waals surface area contributed by atoms with E-state index in [2.05, 4.69) is 17.4 Å². The summed E-state index contributed by atoms with van der Waals surface area (Å²) >= 11 is 0. The van der Waals surface area contributed by atoms with E-state index >= 15 is 0 Å². The number of anilines is 1. The smallest absolute Gasteiger partial charge is 0.227 e. The van der Waals surface area contributed by atoms with Crippen LogP contribution in [0.2, 0.25) is 0 Å². The van der Waals surface area contributed by atoms with Gasteiger partial charge in [-0.05, 0) is 31.9 Å². The molecule has 1 aromatic carbocycles. The standard InChI is InChI=1S/C15H20N2O2/c1-9-5-10(2)14(11(3)6-9)17-8-12(7-13(17)18)15(19)16-4/h5-6,12H,7-8H2,1-4H3,(H,16,19). The molecule has 1 unspecified atom stereocenters. The van der Waals surface area contributed by atoms with Crippen LogP contribution in [-0.4, -0.2) is 25.4 Å². The largest absolute Gasteiger partial charge is 0.359 e. The van der Waals surface area contributed by atoms with Crippen LogP contribution in [0.1, 0.15) is 23.1 Å². The Morgan fingerprint density at radius 2 is 1.84 bits per heavy atom. The third-order valence-electron chi connectivity index (χ3n) is 3.65. The Kier molecular flexibility index (Phi) is 3.60. The predicted molar refractivity (Wildman–Crippen MR) is 75.2 cm³/mol. The molecule has 1 saturated heterocycles. The summed E-state index contributed by atoms with van der Waals surface area (Å²) in [5.41, 5.74) is 4.32. The summed E-state index contributed by atoms with van der Waals surface area (Å²) < 4.78 is 0. The zero-order valence-corrected chi connectivity index (χ0v) is 11.9. The van der Waals surface area contributed by atoms with Gasteiger partial charge in [-0.3, -0.25) is 9.59 Å². The lowest BCUT2D eigenvalue weighted by atomic mass is 10.0. The number of nitrogens with one attached hydrogen (secondary N) is 1. The van der Waals surface area contributed by atoms with Gasteiger partial charge in [0.1, 0.15) is 0 Å². The van der Waals surface area contributed by atoms with E-state index in [1.54, 1.807) is 11.9 Å². The Hall–Kier alpha value is -1.84. The molecule has 1 aliphatic heterocycles. The van der Waals surface area contributed by atoms with Crippen LogP contribution in [0.25, 0.3) is 0 Å². The van der Waals surface area contributed by atoms with E-state index in [-0.39, 0.29) is 17.7 Å². The van der Waals surface area contributed by atoms with Crippen LogP contribution in [0.3, 0.4) is 0 Å². The summed E-state index contributed by atoms with van der Waals surface area (Å²) in [5, 5.41) is 2.62. The van der Waals surface area contributed by atoms with Crippen LogP contribution in [-0.2, 0) is 9.59 Å². The van der Waals surface area contributed by atoms with Crippen molar-refractivity contribution in [2.75, 3.05) is 18.5 Å². The maximum atomic E-state index is 12.1. The summed E-state index contributed by atoms with van der Waals surface area (Å²) in [5.74, 6) is -0.264. The predicted octanol–water partition coefficient (Wildman–Crippen LogP) is 1.71. The fraction of sp³-hybridized carbons (Fsp3) is 0.467. The van der Waals surface area contributed by atoms with Gasteiger partial charge in [0.15, 0.2) is 0 Å². The number of hydrogen-bond acceptors (Lipinski definition) is 2. The molecule has 0 aliphatic carbocycles. The summed E-state index contributed by atoms with van der Waals surface area (Å²) in [6, 6.07) is 4.14. The molecule has 0 bridgehead atoms. The van der Waals surface area contributed by atoms with Gasteiger partial charge in [-0.25, -0.2) is 0 Å². The fourth-order valence-corrected chi connectivity index (χ4v) is 2.90. The van der Waals surface area contributed by atoms with Gasteiger partial charge < -0.3 is 10.2 Å². The Bertz CT molecular complexity index is 514. The number of rotatable bonds is 2. The van der Waals surface area contributed by atoms with Gasteiger partial charge >= 0.3 is 0 Å². The van der Waals surface area contributed by atoms with Gasteiger partial charge in [0.25, 0.3) is 0 Å². The van der Waals surface area contributed by atoms with Crippen molar-refractivity contribution in [3.63, 3.8) is 0 Å². The molecule has 0 radical (unpaired) electrons. The van der Waals surface area contributed by atoms with Crippen LogP contribution < -0.4 is 10.2 Å². The molecule has 0 aromatic heterocycles. The number of amides is 2. The summed E-state index contributed by atoms with van der Waals surface area (Å²) in [7, 11) is 1.61. The second kappa shape index (κ2) is 5.03. The van der Waals surface area contributed by atoms with E-state index < -0.39 is 0 Å². The highest BCUT2D eigenvalue weighted by molar-refractivity contribution is 6.01. The van der Waals surface area contributed by atoms with Crippen molar-refractivity contribution in [1.82, 2.24) is 5.32 Å². The average molecular weight is 260 g/mol. The molecule has 1 N–H and O–H groups in total. The Balaban J connectivity index is 2.33. The van der Waals surface area contributed by atoms with Crippen LogP contribution in [0.5, 0.6) is 0 Å². The highest BCUT2D eigenvalue weighted by atomic mass is 16.2. The van der Waals surface area contributed by atoms with E-state index in [4.69, 9.17) is 0 Å². The van der Waals surface area contributed by atoms with Crippen LogP contribution >= 0.6 is 0 Å². The zero-order valence-electron chi connectivity index (χ0n) is 11.9. The van der Waals surface area contributed by atoms with Crippen molar-refractivity contribution in [3.05, 3.63) is 28.8 Å². The topological polar surface area (TPSA) is 49.4 Å². The Morgan fingerprint density at radius 3 is 2.37 bits per heavy atom. The molecule has 0 spiro atoms. The molecule has 4 nitrogen and oxygen atoms in total. The molecule has 19 heavy (non-hydrogen) atoms. The Morgan fingerprint density at radius 1 is 1.26 bits per heavy atom. The second-order valence-electron chi connectivity index (χ2n) is 5.27. The van der Waals surface area contributed by atoms with Crippen molar-refractivity contribution in [3.8, 4) is 0 Å². The number of carbonyl (C=O) groups is 2. The normalized spacial score (nSPS) is 18.8. The third kappa shape index (κ3) is 2.48. The lowest BCUT2D eigenvalue weighted by Gasteiger charge is -2.22. The van der Waals surface area contributed by atoms with E-state index in [1.807, 2.05) is 20.8 Å². The quantitative estimate of drug-likeness (QED) is 0.880. The minimum Gasteiger partial charge on any atom is -0.359 e. The molecule has 2 amide bonds. The van der Waals surface area contributed by atoms with Gasteiger partial charge in [-0.1, -0.05) is 17.7 Å². The van der Waals surface area contributed by atoms with E-state index in [1.165, 1.54) is 5.56 Å². The summed E-state index contributed by atoms with van der Waals surface area (Å²) in [6.45, 7) is 6.54. The molecule has 2 rings (SSSR count). The first-order valence-corrected chi connectivity index (χ1v) is 6.54. The maximum absolute atomic E-state index is 12.1. The lowest BCUT2D eigenvalue weighted by molar-refractivity contribution is -0.125. The molecule has 1 aromatic rings. The minimum atomic E-state index is -0.238.